The van der Waals surface area contributed by atoms with Gasteiger partial charge in [-0.2, -0.15) is 0 Å². The van der Waals surface area contributed by atoms with E-state index in [1.165, 1.54) is 5.57 Å². The lowest BCUT2D eigenvalue weighted by Crippen LogP contribution is -2.21. The molecule has 0 radical (unpaired) electrons. The quantitative estimate of drug-likeness (QED) is 0.384. The Hall–Kier alpha value is -0.400. The summed E-state index contributed by atoms with van der Waals surface area (Å²) in [6.07, 6.45) is 3.59. The maximum absolute atomic E-state index is 11.1. The Morgan fingerprint density at radius 3 is 2.77 bits per heavy atom. The fraction of sp³-hybridized carbons (Fsp3) is 0.667. The average molecular weight is 201 g/mol. The van der Waals surface area contributed by atoms with Gasteiger partial charge in [-0.15, -0.1) is 0 Å². The van der Waals surface area contributed by atoms with Crippen molar-refractivity contribution in [1.82, 2.24) is 4.67 Å². The molecule has 0 N–H and O–H groups in total. The Bertz CT molecular complexity index is 206. The minimum absolute atomic E-state index is 0.199. The summed E-state index contributed by atoms with van der Waals surface area (Å²) >= 11 is 0. The van der Waals surface area contributed by atoms with Gasteiger partial charge in [0, 0.05) is 19.2 Å². The van der Waals surface area contributed by atoms with Crippen molar-refractivity contribution in [1.29, 1.82) is 0 Å². The van der Waals surface area contributed by atoms with Crippen LogP contribution in [0.2, 0.25) is 0 Å². The highest BCUT2D eigenvalue weighted by Crippen LogP contribution is 2.18. The first-order chi connectivity index (χ1) is 6.22. The minimum Gasteiger partial charge on any atom is -0.463 e. The smallest absolute Gasteiger partial charge is 0.330 e. The summed E-state index contributed by atoms with van der Waals surface area (Å²) in [7, 11) is 2.68. The molecule has 0 amide bonds. The maximum atomic E-state index is 11.1. The number of ether oxygens (including phenoxy) is 1. The molecule has 1 atom stereocenters. The van der Waals surface area contributed by atoms with Gasteiger partial charge in [-0.25, -0.2) is 4.79 Å². The first-order valence-corrected chi connectivity index (χ1v) is 5.10. The summed E-state index contributed by atoms with van der Waals surface area (Å²) in [6, 6.07) is 0. The summed E-state index contributed by atoms with van der Waals surface area (Å²) in [5.74, 6) is -0.199. The summed E-state index contributed by atoms with van der Waals surface area (Å²) in [6.45, 7) is 4.30. The lowest BCUT2D eigenvalue weighted by molar-refractivity contribution is -0.137. The van der Waals surface area contributed by atoms with Crippen LogP contribution >= 0.6 is 9.39 Å². The van der Waals surface area contributed by atoms with E-state index in [4.69, 9.17) is 4.74 Å². The number of hydrogen-bond acceptors (Lipinski definition) is 3. The number of carbonyl (C=O) groups is 1. The van der Waals surface area contributed by atoms with Crippen molar-refractivity contribution in [2.45, 2.75) is 19.8 Å². The van der Waals surface area contributed by atoms with Crippen LogP contribution in [0.3, 0.4) is 0 Å². The molecule has 3 nitrogen and oxygen atoms in total. The van der Waals surface area contributed by atoms with Gasteiger partial charge in [0.05, 0.1) is 6.61 Å². The lowest BCUT2D eigenvalue weighted by Gasteiger charge is -2.23. The Balaban J connectivity index is 2.38. The summed E-state index contributed by atoms with van der Waals surface area (Å²) in [5.41, 5.74) is 1.21. The van der Waals surface area contributed by atoms with Crippen LogP contribution in [-0.2, 0) is 9.53 Å². The molecule has 0 aromatic rings. The van der Waals surface area contributed by atoms with Crippen LogP contribution in [0.1, 0.15) is 19.8 Å². The largest absolute Gasteiger partial charge is 0.463 e. The molecule has 1 unspecified atom stereocenters. The van der Waals surface area contributed by atoms with E-state index in [1.54, 1.807) is 6.08 Å². The van der Waals surface area contributed by atoms with Crippen molar-refractivity contribution in [3.8, 4) is 0 Å². The molecule has 1 aliphatic heterocycles. The Kier molecular flexibility index (Phi) is 4.40. The van der Waals surface area contributed by atoms with Crippen molar-refractivity contribution in [3.63, 3.8) is 0 Å². The van der Waals surface area contributed by atoms with Crippen LogP contribution in [0.15, 0.2) is 11.6 Å². The predicted molar refractivity (Wildman–Crippen MR) is 55.2 cm³/mol. The van der Waals surface area contributed by atoms with E-state index in [0.29, 0.717) is 6.61 Å². The SMILES string of the molecule is CCOC(=O)C=C1CCN(P)CC1. The molecular formula is C9H16NO2P. The maximum Gasteiger partial charge on any atom is 0.330 e. The average Bonchev–Trinajstić information content (AvgIpc) is 2.09. The predicted octanol–water partition coefficient (Wildman–Crippen LogP) is 1.36. The van der Waals surface area contributed by atoms with Crippen LogP contribution < -0.4 is 0 Å². The van der Waals surface area contributed by atoms with E-state index in [-0.39, 0.29) is 5.97 Å². The fourth-order valence-corrected chi connectivity index (χ4v) is 1.56. The van der Waals surface area contributed by atoms with Gasteiger partial charge < -0.3 is 4.74 Å². The van der Waals surface area contributed by atoms with E-state index < -0.39 is 0 Å². The second-order valence-electron chi connectivity index (χ2n) is 3.09. The molecule has 0 saturated carbocycles. The third-order valence-electron chi connectivity index (χ3n) is 2.05. The molecule has 0 aromatic carbocycles. The Labute approximate surface area is 81.4 Å². The van der Waals surface area contributed by atoms with Crippen LogP contribution in [0.4, 0.5) is 0 Å². The first-order valence-electron chi connectivity index (χ1n) is 4.58. The normalized spacial score (nSPS) is 18.5. The second-order valence-corrected chi connectivity index (χ2v) is 3.82. The molecule has 1 fully saturated rings. The van der Waals surface area contributed by atoms with E-state index in [1.807, 2.05) is 6.92 Å². The van der Waals surface area contributed by atoms with E-state index in [9.17, 15) is 4.79 Å². The number of rotatable bonds is 2. The molecule has 13 heavy (non-hydrogen) atoms. The first kappa shape index (κ1) is 10.7. The molecule has 1 aliphatic rings. The molecule has 1 heterocycles. The van der Waals surface area contributed by atoms with E-state index in [2.05, 4.69) is 14.1 Å². The minimum atomic E-state index is -0.199. The number of hydrogen-bond donors (Lipinski definition) is 0. The van der Waals surface area contributed by atoms with Crippen molar-refractivity contribution in [2.24, 2.45) is 0 Å². The molecule has 0 aliphatic carbocycles. The van der Waals surface area contributed by atoms with E-state index in [0.717, 1.165) is 25.9 Å². The van der Waals surface area contributed by atoms with Gasteiger partial charge >= 0.3 is 5.97 Å². The van der Waals surface area contributed by atoms with Gasteiger partial charge in [-0.1, -0.05) is 15.0 Å². The van der Waals surface area contributed by atoms with Gasteiger partial charge in [0.1, 0.15) is 0 Å². The van der Waals surface area contributed by atoms with Gasteiger partial charge in [0.25, 0.3) is 0 Å². The summed E-state index contributed by atoms with van der Waals surface area (Å²) in [4.78, 5) is 11.1. The summed E-state index contributed by atoms with van der Waals surface area (Å²) in [5, 5.41) is 0. The van der Waals surface area contributed by atoms with Crippen molar-refractivity contribution < 1.29 is 9.53 Å². The van der Waals surface area contributed by atoms with E-state index >= 15 is 0 Å². The zero-order valence-electron chi connectivity index (χ0n) is 7.95. The number of carbonyl (C=O) groups excluding carboxylic acids is 1. The van der Waals surface area contributed by atoms with Gasteiger partial charge in [-0.05, 0) is 19.8 Å². The standard InChI is InChI=1S/C9H16NO2P/c1-2-12-9(11)7-8-3-5-10(13)6-4-8/h7H,2-6,13H2,1H3. The van der Waals surface area contributed by atoms with Crippen LogP contribution in [0.25, 0.3) is 0 Å². The molecule has 0 bridgehead atoms. The Morgan fingerprint density at radius 2 is 2.23 bits per heavy atom. The van der Waals surface area contributed by atoms with Crippen molar-refractivity contribution in [3.05, 3.63) is 11.6 Å². The topological polar surface area (TPSA) is 29.5 Å². The van der Waals surface area contributed by atoms with Gasteiger partial charge in [0.15, 0.2) is 0 Å². The zero-order valence-corrected chi connectivity index (χ0v) is 9.11. The molecule has 1 saturated heterocycles. The van der Waals surface area contributed by atoms with Crippen molar-refractivity contribution in [2.75, 3.05) is 19.7 Å². The molecular weight excluding hydrogens is 185 g/mol. The van der Waals surface area contributed by atoms with Crippen molar-refractivity contribution >= 4 is 15.4 Å². The van der Waals surface area contributed by atoms with Crippen LogP contribution in [0, 0.1) is 0 Å². The highest BCUT2D eigenvalue weighted by atomic mass is 31.0. The third kappa shape index (κ3) is 3.88. The molecule has 1 rings (SSSR count). The highest BCUT2D eigenvalue weighted by molar-refractivity contribution is 7.13. The zero-order chi connectivity index (χ0) is 9.68. The second kappa shape index (κ2) is 5.36. The molecule has 0 aromatic heterocycles. The summed E-state index contributed by atoms with van der Waals surface area (Å²) < 4.78 is 7.02. The van der Waals surface area contributed by atoms with Crippen LogP contribution in [0.5, 0.6) is 0 Å². The van der Waals surface area contributed by atoms with Crippen LogP contribution in [-0.4, -0.2) is 30.3 Å². The Morgan fingerprint density at radius 1 is 1.62 bits per heavy atom. The third-order valence-corrected chi connectivity index (χ3v) is 2.57. The molecule has 74 valence electrons. The monoisotopic (exact) mass is 201 g/mol. The lowest BCUT2D eigenvalue weighted by atomic mass is 10.1. The highest BCUT2D eigenvalue weighted by Gasteiger charge is 2.11. The fourth-order valence-electron chi connectivity index (χ4n) is 1.31. The number of esters is 1. The van der Waals surface area contributed by atoms with Gasteiger partial charge in [-0.3, -0.25) is 4.67 Å². The molecule has 0 spiro atoms. The molecule has 4 heteroatoms. The number of nitrogens with zero attached hydrogens (tertiary/aromatic N) is 1. The number of piperidine rings is 1. The van der Waals surface area contributed by atoms with Gasteiger partial charge in [0.2, 0.25) is 0 Å².